The average molecular weight is 227 g/mol. The zero-order valence-corrected chi connectivity index (χ0v) is 10.5. The maximum Gasteiger partial charge on any atom is 0.312 e. The minimum atomic E-state index is -0.401. The molecule has 1 aliphatic rings. The van der Waals surface area contributed by atoms with Crippen LogP contribution in [0.3, 0.4) is 0 Å². The van der Waals surface area contributed by atoms with Gasteiger partial charge in [-0.2, -0.15) is 0 Å². The van der Waals surface area contributed by atoms with E-state index in [1.165, 1.54) is 4.90 Å². The van der Waals surface area contributed by atoms with Gasteiger partial charge in [0.1, 0.15) is 0 Å². The van der Waals surface area contributed by atoms with Crippen molar-refractivity contribution in [3.8, 4) is 0 Å². The van der Waals surface area contributed by atoms with Crippen LogP contribution < -0.4 is 5.32 Å². The highest BCUT2D eigenvalue weighted by Gasteiger charge is 2.29. The lowest BCUT2D eigenvalue weighted by atomic mass is 10.1. The predicted octanol–water partition coefficient (Wildman–Crippen LogP) is -0.325. The Balaban J connectivity index is 2.38. The van der Waals surface area contributed by atoms with Crippen LogP contribution in [0.5, 0.6) is 0 Å². The molecule has 1 aliphatic heterocycles. The van der Waals surface area contributed by atoms with Gasteiger partial charge in [0.25, 0.3) is 0 Å². The van der Waals surface area contributed by atoms with Crippen LogP contribution in [0.4, 0.5) is 0 Å². The number of carbonyl (C=O) groups is 2. The van der Waals surface area contributed by atoms with Crippen molar-refractivity contribution < 1.29 is 9.59 Å². The van der Waals surface area contributed by atoms with Gasteiger partial charge in [-0.15, -0.1) is 0 Å². The molecule has 5 heteroatoms. The lowest BCUT2D eigenvalue weighted by Gasteiger charge is -2.32. The Morgan fingerprint density at radius 3 is 2.38 bits per heavy atom. The van der Waals surface area contributed by atoms with E-state index in [1.54, 1.807) is 11.9 Å². The van der Waals surface area contributed by atoms with Gasteiger partial charge < -0.3 is 15.1 Å². The SMILES string of the molecule is CN1CCN(CCNC(C)(C)C)C(=O)C1=O. The highest BCUT2D eigenvalue weighted by Crippen LogP contribution is 2.03. The lowest BCUT2D eigenvalue weighted by Crippen LogP contribution is -2.54. The second kappa shape index (κ2) is 4.82. The molecule has 0 aromatic rings. The number of likely N-dealkylation sites (N-methyl/N-ethyl adjacent to an activating group) is 1. The monoisotopic (exact) mass is 227 g/mol. The first-order valence-electron chi connectivity index (χ1n) is 5.60. The van der Waals surface area contributed by atoms with Gasteiger partial charge in [0.2, 0.25) is 0 Å². The van der Waals surface area contributed by atoms with E-state index >= 15 is 0 Å². The van der Waals surface area contributed by atoms with Crippen molar-refractivity contribution in [2.24, 2.45) is 0 Å². The number of carbonyl (C=O) groups excluding carboxylic acids is 2. The molecule has 0 spiro atoms. The normalized spacial score (nSPS) is 18.2. The van der Waals surface area contributed by atoms with Gasteiger partial charge >= 0.3 is 11.8 Å². The summed E-state index contributed by atoms with van der Waals surface area (Å²) in [7, 11) is 1.66. The summed E-state index contributed by atoms with van der Waals surface area (Å²) < 4.78 is 0. The van der Waals surface area contributed by atoms with Crippen molar-refractivity contribution >= 4 is 11.8 Å². The van der Waals surface area contributed by atoms with Crippen LogP contribution in [0.25, 0.3) is 0 Å². The Morgan fingerprint density at radius 1 is 1.19 bits per heavy atom. The standard InChI is InChI=1S/C11H21N3O2/c1-11(2,3)12-5-6-14-8-7-13(4)9(15)10(14)16/h12H,5-8H2,1-4H3. The zero-order chi connectivity index (χ0) is 12.3. The summed E-state index contributed by atoms with van der Waals surface area (Å²) in [5, 5.41) is 3.30. The fourth-order valence-corrected chi connectivity index (χ4v) is 1.55. The fourth-order valence-electron chi connectivity index (χ4n) is 1.55. The highest BCUT2D eigenvalue weighted by atomic mass is 16.2. The molecule has 1 fully saturated rings. The quantitative estimate of drug-likeness (QED) is 0.672. The van der Waals surface area contributed by atoms with Crippen molar-refractivity contribution in [2.75, 3.05) is 33.2 Å². The van der Waals surface area contributed by atoms with Crippen LogP contribution in [0.2, 0.25) is 0 Å². The van der Waals surface area contributed by atoms with Gasteiger partial charge in [0.05, 0.1) is 0 Å². The molecule has 0 aliphatic carbocycles. The van der Waals surface area contributed by atoms with Crippen LogP contribution in [-0.2, 0) is 9.59 Å². The van der Waals surface area contributed by atoms with E-state index in [0.717, 1.165) is 0 Å². The van der Waals surface area contributed by atoms with E-state index in [-0.39, 0.29) is 11.4 Å². The first kappa shape index (κ1) is 13.0. The van der Waals surface area contributed by atoms with E-state index in [9.17, 15) is 9.59 Å². The number of rotatable bonds is 3. The molecule has 1 heterocycles. The molecule has 16 heavy (non-hydrogen) atoms. The molecule has 0 aromatic heterocycles. The van der Waals surface area contributed by atoms with E-state index < -0.39 is 5.91 Å². The molecule has 5 nitrogen and oxygen atoms in total. The van der Waals surface area contributed by atoms with Crippen molar-refractivity contribution in [1.82, 2.24) is 15.1 Å². The molecule has 0 saturated carbocycles. The Morgan fingerprint density at radius 2 is 1.81 bits per heavy atom. The van der Waals surface area contributed by atoms with Crippen molar-refractivity contribution in [1.29, 1.82) is 0 Å². The average Bonchev–Trinajstić information content (AvgIpc) is 2.16. The van der Waals surface area contributed by atoms with E-state index in [2.05, 4.69) is 26.1 Å². The van der Waals surface area contributed by atoms with Crippen LogP contribution >= 0.6 is 0 Å². The zero-order valence-electron chi connectivity index (χ0n) is 10.5. The van der Waals surface area contributed by atoms with E-state index in [4.69, 9.17) is 0 Å². The number of amides is 2. The largest absolute Gasteiger partial charge is 0.336 e. The maximum atomic E-state index is 11.6. The van der Waals surface area contributed by atoms with Gasteiger partial charge in [0.15, 0.2) is 0 Å². The Labute approximate surface area is 96.8 Å². The molecule has 2 amide bonds. The maximum absolute atomic E-state index is 11.6. The smallest absolute Gasteiger partial charge is 0.312 e. The van der Waals surface area contributed by atoms with Crippen molar-refractivity contribution in [3.63, 3.8) is 0 Å². The summed E-state index contributed by atoms with van der Waals surface area (Å²) in [5.74, 6) is -0.786. The second-order valence-corrected chi connectivity index (χ2v) is 5.20. The first-order valence-corrected chi connectivity index (χ1v) is 5.60. The topological polar surface area (TPSA) is 52.6 Å². The van der Waals surface area contributed by atoms with Crippen molar-refractivity contribution in [2.45, 2.75) is 26.3 Å². The van der Waals surface area contributed by atoms with Gasteiger partial charge in [-0.3, -0.25) is 9.59 Å². The van der Waals surface area contributed by atoms with Crippen molar-refractivity contribution in [3.05, 3.63) is 0 Å². The molecule has 92 valence electrons. The third kappa shape index (κ3) is 3.48. The highest BCUT2D eigenvalue weighted by molar-refractivity contribution is 6.35. The predicted molar refractivity (Wildman–Crippen MR) is 62.0 cm³/mol. The Kier molecular flexibility index (Phi) is 3.91. The molecule has 1 saturated heterocycles. The molecule has 0 radical (unpaired) electrons. The van der Waals surface area contributed by atoms with E-state index in [1.807, 2.05) is 0 Å². The molecule has 0 atom stereocenters. The number of nitrogens with zero attached hydrogens (tertiary/aromatic N) is 2. The fraction of sp³-hybridized carbons (Fsp3) is 0.818. The Bertz CT molecular complexity index is 283. The number of piperazine rings is 1. The minimum Gasteiger partial charge on any atom is -0.336 e. The lowest BCUT2D eigenvalue weighted by molar-refractivity contribution is -0.154. The number of nitrogens with one attached hydrogen (secondary N) is 1. The van der Waals surface area contributed by atoms with Crippen LogP contribution in [0.15, 0.2) is 0 Å². The second-order valence-electron chi connectivity index (χ2n) is 5.20. The summed E-state index contributed by atoms with van der Waals surface area (Å²) in [6.45, 7) is 8.78. The summed E-state index contributed by atoms with van der Waals surface area (Å²) >= 11 is 0. The summed E-state index contributed by atoms with van der Waals surface area (Å²) in [5.41, 5.74) is 0.0413. The van der Waals surface area contributed by atoms with Crippen LogP contribution in [0, 0.1) is 0 Å². The molecule has 1 N–H and O–H groups in total. The minimum absolute atomic E-state index is 0.0413. The number of hydrogen-bond donors (Lipinski definition) is 1. The third-order valence-electron chi connectivity index (χ3n) is 2.56. The van der Waals surface area contributed by atoms with Gasteiger partial charge in [0, 0.05) is 38.8 Å². The summed E-state index contributed by atoms with van der Waals surface area (Å²) in [4.78, 5) is 26.1. The van der Waals surface area contributed by atoms with Crippen LogP contribution in [-0.4, -0.2) is 60.4 Å². The molecule has 0 unspecified atom stereocenters. The van der Waals surface area contributed by atoms with Crippen LogP contribution in [0.1, 0.15) is 20.8 Å². The van der Waals surface area contributed by atoms with Gasteiger partial charge in [-0.25, -0.2) is 0 Å². The number of hydrogen-bond acceptors (Lipinski definition) is 3. The molecular weight excluding hydrogens is 206 g/mol. The molecule has 1 rings (SSSR count). The molecule has 0 aromatic carbocycles. The first-order chi connectivity index (χ1) is 7.31. The van der Waals surface area contributed by atoms with Gasteiger partial charge in [-0.1, -0.05) is 0 Å². The van der Waals surface area contributed by atoms with E-state index in [0.29, 0.717) is 26.2 Å². The molecule has 0 bridgehead atoms. The molecular formula is C11H21N3O2. The Hall–Kier alpha value is -1.10. The third-order valence-corrected chi connectivity index (χ3v) is 2.56. The summed E-state index contributed by atoms with van der Waals surface area (Å²) in [6.07, 6.45) is 0. The van der Waals surface area contributed by atoms with Gasteiger partial charge in [-0.05, 0) is 20.8 Å². The summed E-state index contributed by atoms with van der Waals surface area (Å²) in [6, 6.07) is 0.